The number of aliphatic hydroxyl groups is 1. The average Bonchev–Trinajstić information content (AvgIpc) is 2.30. The highest BCUT2D eigenvalue weighted by molar-refractivity contribution is 4.95. The lowest BCUT2D eigenvalue weighted by atomic mass is 10.2. The molecule has 0 radical (unpaired) electrons. The summed E-state index contributed by atoms with van der Waals surface area (Å²) in [5.41, 5.74) is 0. The predicted molar refractivity (Wildman–Crippen MR) is 38.8 cm³/mol. The smallest absolute Gasteiger partial charge is 0.385 e. The van der Waals surface area contributed by atoms with Gasteiger partial charge in [-0.1, -0.05) is 0 Å². The van der Waals surface area contributed by atoms with Crippen LogP contribution in [0.15, 0.2) is 12.4 Å². The number of hydrogen-bond donors (Lipinski definition) is 1. The molecule has 74 valence electrons. The van der Waals surface area contributed by atoms with E-state index in [0.717, 1.165) is 0 Å². The van der Waals surface area contributed by atoms with Gasteiger partial charge in [0.25, 0.3) is 0 Å². The molecule has 3 nitrogen and oxygen atoms in total. The van der Waals surface area contributed by atoms with Gasteiger partial charge in [-0.15, -0.1) is 0 Å². The standard InChI is InChI=1S/C7H9F3N2O/c1-12-3-2-11-6(12)5(13)4-7(8,9)10/h2-3,5,13H,4H2,1H3. The molecule has 0 aliphatic carbocycles. The van der Waals surface area contributed by atoms with Crippen molar-refractivity contribution in [1.29, 1.82) is 0 Å². The average molecular weight is 194 g/mol. The second kappa shape index (κ2) is 3.37. The van der Waals surface area contributed by atoms with Gasteiger partial charge < -0.3 is 9.67 Å². The molecular weight excluding hydrogens is 185 g/mol. The summed E-state index contributed by atoms with van der Waals surface area (Å²) in [5.74, 6) is 0.0253. The number of rotatable bonds is 2. The van der Waals surface area contributed by atoms with Crippen LogP contribution in [0.25, 0.3) is 0 Å². The van der Waals surface area contributed by atoms with Gasteiger partial charge in [-0.2, -0.15) is 13.2 Å². The number of hydrogen-bond acceptors (Lipinski definition) is 2. The minimum atomic E-state index is -4.37. The fourth-order valence-corrected chi connectivity index (χ4v) is 1.01. The van der Waals surface area contributed by atoms with E-state index in [1.165, 1.54) is 24.0 Å². The molecule has 1 unspecified atom stereocenters. The second-order valence-electron chi connectivity index (χ2n) is 2.73. The number of aryl methyl sites for hydroxylation is 1. The van der Waals surface area contributed by atoms with Crippen molar-refractivity contribution in [3.05, 3.63) is 18.2 Å². The highest BCUT2D eigenvalue weighted by atomic mass is 19.4. The third-order valence-corrected chi connectivity index (χ3v) is 1.58. The molecular formula is C7H9F3N2O. The molecule has 1 rings (SSSR count). The van der Waals surface area contributed by atoms with Crippen LogP contribution in [-0.4, -0.2) is 20.8 Å². The number of imidazole rings is 1. The Hall–Kier alpha value is -1.04. The van der Waals surface area contributed by atoms with E-state index in [4.69, 9.17) is 5.11 Å². The fraction of sp³-hybridized carbons (Fsp3) is 0.571. The van der Waals surface area contributed by atoms with Crippen LogP contribution < -0.4 is 0 Å². The van der Waals surface area contributed by atoms with Crippen molar-refractivity contribution >= 4 is 0 Å². The zero-order valence-electron chi connectivity index (χ0n) is 6.91. The van der Waals surface area contributed by atoms with Gasteiger partial charge in [0.15, 0.2) is 0 Å². The first kappa shape index (κ1) is 10.0. The summed E-state index contributed by atoms with van der Waals surface area (Å²) in [6, 6.07) is 0. The van der Waals surface area contributed by atoms with Crippen molar-refractivity contribution in [1.82, 2.24) is 9.55 Å². The third-order valence-electron chi connectivity index (χ3n) is 1.58. The topological polar surface area (TPSA) is 38.0 Å². The van der Waals surface area contributed by atoms with E-state index in [2.05, 4.69) is 4.98 Å². The van der Waals surface area contributed by atoms with Crippen LogP contribution in [0.4, 0.5) is 13.2 Å². The molecule has 1 aromatic heterocycles. The van der Waals surface area contributed by atoms with Crippen molar-refractivity contribution in [2.75, 3.05) is 0 Å². The summed E-state index contributed by atoms with van der Waals surface area (Å²) < 4.78 is 36.9. The number of aliphatic hydroxyl groups excluding tert-OH is 1. The molecule has 0 saturated carbocycles. The largest absolute Gasteiger partial charge is 0.392 e. The maximum Gasteiger partial charge on any atom is 0.392 e. The lowest BCUT2D eigenvalue weighted by molar-refractivity contribution is -0.155. The van der Waals surface area contributed by atoms with E-state index in [-0.39, 0.29) is 5.82 Å². The summed E-state index contributed by atoms with van der Waals surface area (Å²) in [4.78, 5) is 3.61. The van der Waals surface area contributed by atoms with E-state index in [9.17, 15) is 13.2 Å². The molecule has 13 heavy (non-hydrogen) atoms. The Labute approximate surface area is 72.8 Å². The number of aromatic nitrogens is 2. The van der Waals surface area contributed by atoms with E-state index in [1.807, 2.05) is 0 Å². The molecule has 0 aliphatic heterocycles. The summed E-state index contributed by atoms with van der Waals surface area (Å²) in [6.45, 7) is 0. The van der Waals surface area contributed by atoms with Gasteiger partial charge in [-0.25, -0.2) is 4.98 Å². The number of alkyl halides is 3. The Kier molecular flexibility index (Phi) is 2.60. The van der Waals surface area contributed by atoms with Gasteiger partial charge in [-0.05, 0) is 0 Å². The van der Waals surface area contributed by atoms with Gasteiger partial charge in [-0.3, -0.25) is 0 Å². The molecule has 1 atom stereocenters. The first-order chi connectivity index (χ1) is 5.90. The van der Waals surface area contributed by atoms with E-state index in [1.54, 1.807) is 0 Å². The second-order valence-corrected chi connectivity index (χ2v) is 2.73. The first-order valence-electron chi connectivity index (χ1n) is 3.62. The molecule has 6 heteroatoms. The molecule has 0 amide bonds. The molecule has 0 fully saturated rings. The predicted octanol–water partition coefficient (Wildman–Crippen LogP) is 1.41. The van der Waals surface area contributed by atoms with Crippen LogP contribution in [0, 0.1) is 0 Å². The maximum absolute atomic E-state index is 11.8. The lowest BCUT2D eigenvalue weighted by Gasteiger charge is -2.12. The summed E-state index contributed by atoms with van der Waals surface area (Å²) in [7, 11) is 1.53. The van der Waals surface area contributed by atoms with Gasteiger partial charge in [0.05, 0.1) is 6.42 Å². The highest BCUT2D eigenvalue weighted by Gasteiger charge is 2.33. The van der Waals surface area contributed by atoms with E-state index < -0.39 is 18.7 Å². The van der Waals surface area contributed by atoms with Crippen molar-refractivity contribution in [3.8, 4) is 0 Å². The van der Waals surface area contributed by atoms with Crippen LogP contribution >= 0.6 is 0 Å². The highest BCUT2D eigenvalue weighted by Crippen LogP contribution is 2.28. The zero-order chi connectivity index (χ0) is 10.1. The quantitative estimate of drug-likeness (QED) is 0.772. The molecule has 0 saturated heterocycles. The monoisotopic (exact) mass is 194 g/mol. The van der Waals surface area contributed by atoms with Crippen LogP contribution in [-0.2, 0) is 7.05 Å². The van der Waals surface area contributed by atoms with Gasteiger partial charge in [0.2, 0.25) is 0 Å². The van der Waals surface area contributed by atoms with Crippen molar-refractivity contribution in [2.24, 2.45) is 7.05 Å². The Balaban J connectivity index is 2.69. The normalized spacial score (nSPS) is 14.5. The Morgan fingerprint density at radius 3 is 2.62 bits per heavy atom. The van der Waals surface area contributed by atoms with Crippen LogP contribution in [0.2, 0.25) is 0 Å². The lowest BCUT2D eigenvalue weighted by Crippen LogP contribution is -2.16. The first-order valence-corrected chi connectivity index (χ1v) is 3.62. The minimum absolute atomic E-state index is 0.0253. The Bertz CT molecular complexity index is 282. The van der Waals surface area contributed by atoms with Crippen molar-refractivity contribution in [3.63, 3.8) is 0 Å². The molecule has 0 aliphatic rings. The summed E-state index contributed by atoms with van der Waals surface area (Å²) >= 11 is 0. The van der Waals surface area contributed by atoms with Crippen molar-refractivity contribution < 1.29 is 18.3 Å². The summed E-state index contributed by atoms with van der Waals surface area (Å²) in [5, 5.41) is 9.12. The van der Waals surface area contributed by atoms with Crippen molar-refractivity contribution in [2.45, 2.75) is 18.7 Å². The molecule has 1 aromatic rings. The molecule has 0 spiro atoms. The fourth-order valence-electron chi connectivity index (χ4n) is 1.01. The van der Waals surface area contributed by atoms with Crippen LogP contribution in [0.1, 0.15) is 18.3 Å². The Morgan fingerprint density at radius 2 is 2.23 bits per heavy atom. The molecule has 1 N–H and O–H groups in total. The van der Waals surface area contributed by atoms with Gasteiger partial charge in [0, 0.05) is 19.4 Å². The maximum atomic E-state index is 11.8. The molecule has 0 aromatic carbocycles. The van der Waals surface area contributed by atoms with E-state index in [0.29, 0.717) is 0 Å². The number of nitrogens with zero attached hydrogens (tertiary/aromatic N) is 2. The zero-order valence-corrected chi connectivity index (χ0v) is 6.91. The molecule has 0 bridgehead atoms. The van der Waals surface area contributed by atoms with Crippen LogP contribution in [0.3, 0.4) is 0 Å². The van der Waals surface area contributed by atoms with E-state index >= 15 is 0 Å². The number of halogens is 3. The van der Waals surface area contributed by atoms with Crippen LogP contribution in [0.5, 0.6) is 0 Å². The SMILES string of the molecule is Cn1ccnc1C(O)CC(F)(F)F. The van der Waals surface area contributed by atoms with Gasteiger partial charge >= 0.3 is 6.18 Å². The molecule has 1 heterocycles. The third kappa shape index (κ3) is 2.73. The minimum Gasteiger partial charge on any atom is -0.385 e. The van der Waals surface area contributed by atoms with Gasteiger partial charge in [0.1, 0.15) is 11.9 Å². The Morgan fingerprint density at radius 1 is 1.62 bits per heavy atom. The summed E-state index contributed by atoms with van der Waals surface area (Å²) in [6.07, 6.45) is -4.40.